The van der Waals surface area contributed by atoms with Crippen molar-refractivity contribution in [1.29, 1.82) is 0 Å². The van der Waals surface area contributed by atoms with Crippen LogP contribution in [0.4, 0.5) is 0 Å². The van der Waals surface area contributed by atoms with Gasteiger partial charge in [-0.2, -0.15) is 0 Å². The average molecular weight is 367 g/mol. The maximum atomic E-state index is 12.5. The lowest BCUT2D eigenvalue weighted by molar-refractivity contribution is -0.128. The zero-order valence-electron chi connectivity index (χ0n) is 16.3. The Kier molecular flexibility index (Phi) is 6.74. The van der Waals surface area contributed by atoms with Crippen molar-refractivity contribution in [2.45, 2.75) is 51.6 Å². The summed E-state index contributed by atoms with van der Waals surface area (Å²) in [7, 11) is 1.66. The predicted molar refractivity (Wildman–Crippen MR) is 107 cm³/mol. The van der Waals surface area contributed by atoms with Crippen molar-refractivity contribution >= 4 is 5.91 Å². The van der Waals surface area contributed by atoms with Gasteiger partial charge in [-0.1, -0.05) is 25.1 Å². The van der Waals surface area contributed by atoms with E-state index in [2.05, 4.69) is 17.4 Å². The fraction of sp³-hybridized carbons (Fsp3) is 0.435. The maximum absolute atomic E-state index is 12.5. The van der Waals surface area contributed by atoms with Gasteiger partial charge in [0.05, 0.1) is 7.11 Å². The van der Waals surface area contributed by atoms with Crippen LogP contribution in [0.15, 0.2) is 42.5 Å². The SMILES string of the molecule is CC[C@H](Oc1ccc2c(c1)CCCC2)C(=O)NCCc1ccc(OC)cc1. The molecule has 3 rings (SSSR count). The van der Waals surface area contributed by atoms with Crippen molar-refractivity contribution in [2.75, 3.05) is 13.7 Å². The Hall–Kier alpha value is -2.49. The molecule has 0 aliphatic heterocycles. The van der Waals surface area contributed by atoms with E-state index in [4.69, 9.17) is 9.47 Å². The van der Waals surface area contributed by atoms with E-state index in [0.29, 0.717) is 13.0 Å². The van der Waals surface area contributed by atoms with Gasteiger partial charge in [0.25, 0.3) is 5.91 Å². The third kappa shape index (κ3) is 5.25. The fourth-order valence-electron chi connectivity index (χ4n) is 3.51. The summed E-state index contributed by atoms with van der Waals surface area (Å²) in [6.45, 7) is 2.57. The Balaban J connectivity index is 1.51. The van der Waals surface area contributed by atoms with Crippen molar-refractivity contribution in [3.8, 4) is 11.5 Å². The van der Waals surface area contributed by atoms with E-state index in [-0.39, 0.29) is 5.91 Å². The number of benzene rings is 2. The van der Waals surface area contributed by atoms with Crippen molar-refractivity contribution in [1.82, 2.24) is 5.32 Å². The summed E-state index contributed by atoms with van der Waals surface area (Å²) in [5.41, 5.74) is 3.96. The second kappa shape index (κ2) is 9.45. The number of hydrogen-bond acceptors (Lipinski definition) is 3. The van der Waals surface area contributed by atoms with Crippen LogP contribution in [0.2, 0.25) is 0 Å². The topological polar surface area (TPSA) is 47.6 Å². The third-order valence-electron chi connectivity index (χ3n) is 5.13. The molecular weight excluding hydrogens is 338 g/mol. The number of carbonyl (C=O) groups excluding carboxylic acids is 1. The molecule has 1 amide bonds. The molecule has 0 fully saturated rings. The first-order valence-electron chi connectivity index (χ1n) is 9.88. The number of nitrogens with one attached hydrogen (secondary N) is 1. The second-order valence-electron chi connectivity index (χ2n) is 7.04. The molecular formula is C23H29NO3. The molecule has 0 radical (unpaired) electrons. The Morgan fingerprint density at radius 2 is 1.74 bits per heavy atom. The molecule has 2 aromatic rings. The molecule has 27 heavy (non-hydrogen) atoms. The van der Waals surface area contributed by atoms with Gasteiger partial charge in [-0.3, -0.25) is 4.79 Å². The van der Waals surface area contributed by atoms with Gasteiger partial charge in [-0.25, -0.2) is 0 Å². The lowest BCUT2D eigenvalue weighted by Crippen LogP contribution is -2.39. The summed E-state index contributed by atoms with van der Waals surface area (Å²) in [6.07, 6.45) is 5.73. The molecule has 1 N–H and O–H groups in total. The normalized spacial score (nSPS) is 14.1. The summed E-state index contributed by atoms with van der Waals surface area (Å²) in [5, 5.41) is 3.00. The highest BCUT2D eigenvalue weighted by molar-refractivity contribution is 5.81. The summed E-state index contributed by atoms with van der Waals surface area (Å²) < 4.78 is 11.2. The number of methoxy groups -OCH3 is 1. The zero-order chi connectivity index (χ0) is 19.1. The van der Waals surface area contributed by atoms with Crippen LogP contribution in [-0.2, 0) is 24.1 Å². The van der Waals surface area contributed by atoms with Gasteiger partial charge in [-0.15, -0.1) is 0 Å². The molecule has 0 bridgehead atoms. The minimum Gasteiger partial charge on any atom is -0.497 e. The standard InChI is InChI=1S/C23H29NO3/c1-3-22(27-21-13-10-18-6-4-5-7-19(18)16-21)23(25)24-15-14-17-8-11-20(26-2)12-9-17/h8-13,16,22H,3-7,14-15H2,1-2H3,(H,24,25)/t22-/m0/s1. The van der Waals surface area contributed by atoms with Gasteiger partial charge in [0.15, 0.2) is 6.10 Å². The summed E-state index contributed by atoms with van der Waals surface area (Å²) in [6, 6.07) is 14.2. The highest BCUT2D eigenvalue weighted by Gasteiger charge is 2.19. The quantitative estimate of drug-likeness (QED) is 0.764. The smallest absolute Gasteiger partial charge is 0.261 e. The first-order chi connectivity index (χ1) is 13.2. The van der Waals surface area contributed by atoms with Gasteiger partial charge in [-0.05, 0) is 79.5 Å². The van der Waals surface area contributed by atoms with E-state index < -0.39 is 6.10 Å². The molecule has 0 saturated heterocycles. The maximum Gasteiger partial charge on any atom is 0.261 e. The highest BCUT2D eigenvalue weighted by atomic mass is 16.5. The molecule has 1 aliphatic carbocycles. The number of rotatable bonds is 8. The molecule has 0 spiro atoms. The number of amides is 1. The van der Waals surface area contributed by atoms with Gasteiger partial charge < -0.3 is 14.8 Å². The van der Waals surface area contributed by atoms with Crippen LogP contribution in [0.5, 0.6) is 11.5 Å². The number of aryl methyl sites for hydroxylation is 2. The van der Waals surface area contributed by atoms with Crippen LogP contribution in [0, 0.1) is 0 Å². The number of carbonyl (C=O) groups is 1. The summed E-state index contributed by atoms with van der Waals surface area (Å²) >= 11 is 0. The molecule has 4 heteroatoms. The first-order valence-corrected chi connectivity index (χ1v) is 9.88. The van der Waals surface area contributed by atoms with Crippen LogP contribution in [0.3, 0.4) is 0 Å². The van der Waals surface area contributed by atoms with Crippen molar-refractivity contribution < 1.29 is 14.3 Å². The Labute approximate surface area is 161 Å². The Morgan fingerprint density at radius 1 is 1.04 bits per heavy atom. The van der Waals surface area contributed by atoms with Crippen molar-refractivity contribution in [3.63, 3.8) is 0 Å². The molecule has 0 unspecified atom stereocenters. The highest BCUT2D eigenvalue weighted by Crippen LogP contribution is 2.26. The average Bonchev–Trinajstić information content (AvgIpc) is 2.72. The van der Waals surface area contributed by atoms with Gasteiger partial charge in [0.1, 0.15) is 11.5 Å². The Bertz CT molecular complexity index is 755. The molecule has 2 aromatic carbocycles. The second-order valence-corrected chi connectivity index (χ2v) is 7.04. The van der Waals surface area contributed by atoms with Crippen LogP contribution in [-0.4, -0.2) is 25.7 Å². The van der Waals surface area contributed by atoms with E-state index in [0.717, 1.165) is 30.8 Å². The van der Waals surface area contributed by atoms with E-state index in [9.17, 15) is 4.79 Å². The van der Waals surface area contributed by atoms with E-state index in [1.807, 2.05) is 37.3 Å². The third-order valence-corrected chi connectivity index (χ3v) is 5.13. The summed E-state index contributed by atoms with van der Waals surface area (Å²) in [5.74, 6) is 1.59. The lowest BCUT2D eigenvalue weighted by atomic mass is 9.92. The predicted octanol–water partition coefficient (Wildman–Crippen LogP) is 4.09. The molecule has 1 atom stereocenters. The monoisotopic (exact) mass is 367 g/mol. The largest absolute Gasteiger partial charge is 0.497 e. The van der Waals surface area contributed by atoms with Crippen LogP contribution in [0.25, 0.3) is 0 Å². The van der Waals surface area contributed by atoms with E-state index >= 15 is 0 Å². The molecule has 1 aliphatic rings. The van der Waals surface area contributed by atoms with Gasteiger partial charge in [0.2, 0.25) is 0 Å². The van der Waals surface area contributed by atoms with E-state index in [1.54, 1.807) is 7.11 Å². The first kappa shape index (κ1) is 19.3. The molecule has 0 saturated carbocycles. The van der Waals surface area contributed by atoms with Crippen molar-refractivity contribution in [3.05, 3.63) is 59.2 Å². The fourth-order valence-corrected chi connectivity index (χ4v) is 3.51. The molecule has 0 aromatic heterocycles. The van der Waals surface area contributed by atoms with Crippen LogP contribution >= 0.6 is 0 Å². The number of fused-ring (bicyclic) bond motifs is 1. The molecule has 144 valence electrons. The molecule has 0 heterocycles. The number of ether oxygens (including phenoxy) is 2. The Morgan fingerprint density at radius 3 is 2.44 bits per heavy atom. The van der Waals surface area contributed by atoms with Gasteiger partial charge >= 0.3 is 0 Å². The van der Waals surface area contributed by atoms with Crippen LogP contribution in [0.1, 0.15) is 42.9 Å². The minimum atomic E-state index is -0.456. The van der Waals surface area contributed by atoms with Gasteiger partial charge in [0, 0.05) is 6.54 Å². The lowest BCUT2D eigenvalue weighted by Gasteiger charge is -2.20. The zero-order valence-corrected chi connectivity index (χ0v) is 16.3. The molecule has 4 nitrogen and oxygen atoms in total. The summed E-state index contributed by atoms with van der Waals surface area (Å²) in [4.78, 5) is 12.5. The van der Waals surface area contributed by atoms with Crippen LogP contribution < -0.4 is 14.8 Å². The van der Waals surface area contributed by atoms with Crippen molar-refractivity contribution in [2.24, 2.45) is 0 Å². The minimum absolute atomic E-state index is 0.0521. The van der Waals surface area contributed by atoms with E-state index in [1.165, 1.54) is 29.5 Å². The number of hydrogen-bond donors (Lipinski definition) is 1.